The number of ether oxygens (including phenoxy) is 1. The summed E-state index contributed by atoms with van der Waals surface area (Å²) in [6.07, 6.45) is 3.07. The fraction of sp³-hybridized carbons (Fsp3) is 0.444. The van der Waals surface area contributed by atoms with Gasteiger partial charge in [0.15, 0.2) is 6.10 Å². The second-order valence-electron chi connectivity index (χ2n) is 9.78. The van der Waals surface area contributed by atoms with E-state index >= 15 is 0 Å². The van der Waals surface area contributed by atoms with Gasteiger partial charge < -0.3 is 15.0 Å². The Balaban J connectivity index is 1.46. The van der Waals surface area contributed by atoms with E-state index in [-0.39, 0.29) is 30.4 Å². The van der Waals surface area contributed by atoms with Crippen molar-refractivity contribution in [3.05, 3.63) is 59.2 Å². The average molecular weight is 462 g/mol. The van der Waals surface area contributed by atoms with Gasteiger partial charge in [-0.1, -0.05) is 48.7 Å². The summed E-state index contributed by atoms with van der Waals surface area (Å²) in [4.78, 5) is 43.2. The number of fused-ring (bicyclic) bond motifs is 3. The van der Waals surface area contributed by atoms with Gasteiger partial charge in [0, 0.05) is 11.6 Å². The first-order chi connectivity index (χ1) is 16.3. The topological polar surface area (TPSA) is 79.0 Å². The lowest BCUT2D eigenvalue weighted by atomic mass is 9.81. The zero-order chi connectivity index (χ0) is 24.0. The number of aryl methyl sites for hydroxylation is 3. The Bertz CT molecular complexity index is 1110. The van der Waals surface area contributed by atoms with Gasteiger partial charge in [0.05, 0.1) is 17.8 Å². The second kappa shape index (κ2) is 8.87. The maximum Gasteiger partial charge on any atom is 0.332 e. The maximum atomic E-state index is 13.7. The molecule has 2 aliphatic heterocycles. The van der Waals surface area contributed by atoms with Crippen molar-refractivity contribution in [2.75, 3.05) is 16.8 Å². The van der Waals surface area contributed by atoms with Crippen LogP contribution in [0.5, 0.6) is 0 Å². The monoisotopic (exact) mass is 461 g/mol. The number of carbonyl (C=O) groups excluding carboxylic acids is 3. The van der Waals surface area contributed by atoms with E-state index in [0.717, 1.165) is 48.1 Å². The molecule has 2 saturated heterocycles. The van der Waals surface area contributed by atoms with Gasteiger partial charge in [-0.15, -0.1) is 0 Å². The highest BCUT2D eigenvalue weighted by Gasteiger charge is 2.58. The molecule has 2 heterocycles. The molecule has 0 spiro atoms. The van der Waals surface area contributed by atoms with Crippen LogP contribution >= 0.6 is 0 Å². The number of nitrogens with zero attached hydrogens (tertiary/aromatic N) is 2. The molecule has 5 rings (SSSR count). The molecule has 4 unspecified atom stereocenters. The maximum absolute atomic E-state index is 13.7. The highest BCUT2D eigenvalue weighted by atomic mass is 16.5. The van der Waals surface area contributed by atoms with Gasteiger partial charge in [0.1, 0.15) is 6.54 Å². The zero-order valence-electron chi connectivity index (χ0n) is 19.9. The Morgan fingerprint density at radius 3 is 2.41 bits per heavy atom. The summed E-state index contributed by atoms with van der Waals surface area (Å²) < 4.78 is 6.25. The summed E-state index contributed by atoms with van der Waals surface area (Å²) >= 11 is 0. The fourth-order valence-corrected chi connectivity index (χ4v) is 5.95. The Morgan fingerprint density at radius 2 is 1.71 bits per heavy atom. The van der Waals surface area contributed by atoms with Gasteiger partial charge in [0.2, 0.25) is 5.91 Å². The predicted octanol–water partition coefficient (Wildman–Crippen LogP) is 4.35. The summed E-state index contributed by atoms with van der Waals surface area (Å²) in [5.41, 5.74) is 4.35. The minimum atomic E-state index is -0.748. The van der Waals surface area contributed by atoms with Crippen molar-refractivity contribution in [2.45, 2.75) is 64.7 Å². The van der Waals surface area contributed by atoms with Crippen LogP contribution in [0.3, 0.4) is 0 Å². The molecule has 0 aromatic heterocycles. The lowest BCUT2D eigenvalue weighted by molar-refractivity contribution is -0.133. The van der Waals surface area contributed by atoms with Gasteiger partial charge in [0.25, 0.3) is 5.91 Å². The van der Waals surface area contributed by atoms with E-state index in [2.05, 4.69) is 5.32 Å². The smallest absolute Gasteiger partial charge is 0.332 e. The van der Waals surface area contributed by atoms with Crippen molar-refractivity contribution in [1.29, 1.82) is 0 Å². The van der Waals surface area contributed by atoms with Crippen LogP contribution in [0.15, 0.2) is 42.5 Å². The number of hydrogen-bond acceptors (Lipinski definition) is 4. The predicted molar refractivity (Wildman–Crippen MR) is 130 cm³/mol. The third-order valence-electron chi connectivity index (χ3n) is 7.35. The summed E-state index contributed by atoms with van der Waals surface area (Å²) in [5, 5.41) is 3.01. The van der Waals surface area contributed by atoms with Crippen LogP contribution in [0.2, 0.25) is 0 Å². The van der Waals surface area contributed by atoms with Crippen LogP contribution < -0.4 is 10.2 Å². The Kier molecular flexibility index (Phi) is 5.90. The van der Waals surface area contributed by atoms with E-state index in [1.807, 2.05) is 39.0 Å². The van der Waals surface area contributed by atoms with E-state index in [1.54, 1.807) is 29.2 Å². The molecule has 3 aliphatic rings. The van der Waals surface area contributed by atoms with Crippen LogP contribution in [-0.2, 0) is 14.3 Å². The zero-order valence-corrected chi connectivity index (χ0v) is 19.9. The van der Waals surface area contributed by atoms with E-state index in [1.165, 1.54) is 4.90 Å². The van der Waals surface area contributed by atoms with Crippen molar-refractivity contribution in [3.63, 3.8) is 0 Å². The van der Waals surface area contributed by atoms with E-state index in [9.17, 15) is 14.4 Å². The lowest BCUT2D eigenvalue weighted by Gasteiger charge is -2.42. The normalized spacial score (nSPS) is 26.3. The molecule has 0 bridgehead atoms. The lowest BCUT2D eigenvalue weighted by Crippen LogP contribution is -2.65. The van der Waals surface area contributed by atoms with Gasteiger partial charge in [-0.05, 0) is 56.9 Å². The number of amides is 4. The molecule has 1 saturated carbocycles. The molecule has 2 aromatic carbocycles. The first-order valence-corrected chi connectivity index (χ1v) is 12.1. The second-order valence-corrected chi connectivity index (χ2v) is 9.78. The molecule has 7 heteroatoms. The summed E-state index contributed by atoms with van der Waals surface area (Å²) in [5.74, 6) is -0.540. The SMILES string of the molecule is Cc1cc(C)c(NC(=O)CN2C(=O)N(c3ccccc3)C(=O)C3OC4CCCCC4C32)c(C)c1. The molecular formula is C27H31N3O4. The van der Waals surface area contributed by atoms with Gasteiger partial charge in [-0.2, -0.15) is 0 Å². The van der Waals surface area contributed by atoms with E-state index in [4.69, 9.17) is 4.74 Å². The van der Waals surface area contributed by atoms with Crippen molar-refractivity contribution in [2.24, 2.45) is 5.92 Å². The van der Waals surface area contributed by atoms with Gasteiger partial charge in [-0.3, -0.25) is 9.59 Å². The minimum Gasteiger partial charge on any atom is -0.363 e. The molecule has 4 atom stereocenters. The Labute approximate surface area is 200 Å². The molecule has 178 valence electrons. The van der Waals surface area contributed by atoms with Gasteiger partial charge in [-0.25, -0.2) is 9.69 Å². The first-order valence-electron chi connectivity index (χ1n) is 12.1. The number of imide groups is 1. The first kappa shape index (κ1) is 22.6. The summed E-state index contributed by atoms with van der Waals surface area (Å²) in [6.45, 7) is 5.82. The van der Waals surface area contributed by atoms with Crippen LogP contribution in [-0.4, -0.2) is 47.5 Å². The van der Waals surface area contributed by atoms with Crippen molar-refractivity contribution in [3.8, 4) is 0 Å². The standard InChI is InChI=1S/C27H31N3O4/c1-16-13-17(2)23(18(3)14-16)28-22(31)15-29-24-20-11-7-8-12-21(20)34-25(24)26(32)30(27(29)33)19-9-5-4-6-10-19/h4-6,9-10,13-14,20-21,24-25H,7-8,11-12,15H2,1-3H3,(H,28,31). The number of carbonyl (C=O) groups is 3. The van der Waals surface area contributed by atoms with E-state index < -0.39 is 18.2 Å². The van der Waals surface area contributed by atoms with Crippen LogP contribution in [0.4, 0.5) is 16.2 Å². The highest BCUT2D eigenvalue weighted by Crippen LogP contribution is 2.43. The highest BCUT2D eigenvalue weighted by molar-refractivity contribution is 6.18. The quantitative estimate of drug-likeness (QED) is 0.734. The molecule has 1 N–H and O–H groups in total. The third kappa shape index (κ3) is 3.88. The number of benzene rings is 2. The van der Waals surface area contributed by atoms with E-state index in [0.29, 0.717) is 5.69 Å². The third-order valence-corrected chi connectivity index (χ3v) is 7.35. The molecule has 4 amide bonds. The van der Waals surface area contributed by atoms with Crippen molar-refractivity contribution < 1.29 is 19.1 Å². The van der Waals surface area contributed by atoms with Crippen LogP contribution in [0, 0.1) is 26.7 Å². The average Bonchev–Trinajstić information content (AvgIpc) is 3.20. The Morgan fingerprint density at radius 1 is 1.03 bits per heavy atom. The van der Waals surface area contributed by atoms with Crippen molar-refractivity contribution in [1.82, 2.24) is 4.90 Å². The number of hydrogen-bond donors (Lipinski definition) is 1. The molecule has 34 heavy (non-hydrogen) atoms. The number of urea groups is 1. The number of rotatable bonds is 4. The summed E-state index contributed by atoms with van der Waals surface area (Å²) in [6, 6.07) is 12.1. The molecule has 7 nitrogen and oxygen atoms in total. The Hall–Kier alpha value is -3.19. The molecule has 2 aromatic rings. The van der Waals surface area contributed by atoms with Gasteiger partial charge >= 0.3 is 6.03 Å². The number of anilines is 2. The fourth-order valence-electron chi connectivity index (χ4n) is 5.95. The van der Waals surface area contributed by atoms with Crippen molar-refractivity contribution >= 4 is 29.2 Å². The summed E-state index contributed by atoms with van der Waals surface area (Å²) in [7, 11) is 0. The molecule has 0 radical (unpaired) electrons. The van der Waals surface area contributed by atoms with Crippen LogP contribution in [0.25, 0.3) is 0 Å². The molecule has 3 fully saturated rings. The molecule has 1 aliphatic carbocycles. The van der Waals surface area contributed by atoms with Crippen LogP contribution in [0.1, 0.15) is 42.4 Å². The largest absolute Gasteiger partial charge is 0.363 e. The molecular weight excluding hydrogens is 430 g/mol. The number of nitrogens with one attached hydrogen (secondary N) is 1. The minimum absolute atomic E-state index is 0.0524. The number of para-hydroxylation sites is 1.